The Hall–Kier alpha value is -2.63. The molecule has 0 saturated carbocycles. The second kappa shape index (κ2) is 8.25. The first-order valence-electron chi connectivity index (χ1n) is 10.3. The number of hydrogen-bond donors (Lipinski definition) is 0. The molecule has 5 nitrogen and oxygen atoms in total. The molecule has 0 bridgehead atoms. The second-order valence-corrected chi connectivity index (χ2v) is 8.34. The summed E-state index contributed by atoms with van der Waals surface area (Å²) in [4.78, 5) is 18.0. The number of nitrogens with zero attached hydrogens (tertiary/aromatic N) is 4. The van der Waals surface area contributed by atoms with Gasteiger partial charge in [0.05, 0.1) is 11.3 Å². The van der Waals surface area contributed by atoms with Crippen molar-refractivity contribution in [2.75, 3.05) is 26.7 Å². The maximum absolute atomic E-state index is 13.5. The highest BCUT2D eigenvalue weighted by Crippen LogP contribution is 2.45. The highest BCUT2D eigenvalue weighted by atomic mass is 35.5. The minimum absolute atomic E-state index is 0. The van der Waals surface area contributed by atoms with Crippen molar-refractivity contribution in [3.8, 4) is 5.69 Å². The molecule has 1 aromatic heterocycles. The highest BCUT2D eigenvalue weighted by molar-refractivity contribution is 5.98. The Morgan fingerprint density at radius 2 is 1.77 bits per heavy atom. The SMILES string of the molecule is Cc1ccccc1[C@@H]1[C@@H]2CN(C(=O)c3ccccc3-n3cccn3)C[C@@H]2CN1C.Cl. The van der Waals surface area contributed by atoms with E-state index >= 15 is 0 Å². The zero-order valence-electron chi connectivity index (χ0n) is 17.3. The number of aryl methyl sites for hydroxylation is 1. The van der Waals surface area contributed by atoms with Gasteiger partial charge in [-0.2, -0.15) is 5.10 Å². The van der Waals surface area contributed by atoms with E-state index in [4.69, 9.17) is 0 Å². The summed E-state index contributed by atoms with van der Waals surface area (Å²) in [5.41, 5.74) is 4.29. The molecule has 6 heteroatoms. The number of carbonyl (C=O) groups is 1. The molecular weight excluding hydrogens is 396 g/mol. The van der Waals surface area contributed by atoms with Gasteiger partial charge in [-0.1, -0.05) is 36.4 Å². The van der Waals surface area contributed by atoms with Gasteiger partial charge in [0.1, 0.15) is 0 Å². The predicted molar refractivity (Wildman–Crippen MR) is 120 cm³/mol. The molecule has 30 heavy (non-hydrogen) atoms. The lowest BCUT2D eigenvalue weighted by molar-refractivity contribution is 0.0767. The van der Waals surface area contributed by atoms with Crippen molar-refractivity contribution < 1.29 is 4.79 Å². The minimum Gasteiger partial charge on any atom is -0.338 e. The average molecular weight is 423 g/mol. The first-order valence-corrected chi connectivity index (χ1v) is 10.3. The minimum atomic E-state index is 0. The van der Waals surface area contributed by atoms with Gasteiger partial charge in [0.25, 0.3) is 5.91 Å². The van der Waals surface area contributed by atoms with Crippen LogP contribution in [0.15, 0.2) is 67.0 Å². The van der Waals surface area contributed by atoms with Crippen LogP contribution >= 0.6 is 12.4 Å². The number of fused-ring (bicyclic) bond motifs is 1. The maximum atomic E-state index is 13.5. The zero-order chi connectivity index (χ0) is 20.0. The van der Waals surface area contributed by atoms with Gasteiger partial charge in [-0.25, -0.2) is 4.68 Å². The summed E-state index contributed by atoms with van der Waals surface area (Å²) >= 11 is 0. The van der Waals surface area contributed by atoms with Crippen LogP contribution in [-0.2, 0) is 0 Å². The van der Waals surface area contributed by atoms with Crippen LogP contribution in [0.2, 0.25) is 0 Å². The van der Waals surface area contributed by atoms with Crippen LogP contribution in [0, 0.1) is 18.8 Å². The number of aromatic nitrogens is 2. The Morgan fingerprint density at radius 3 is 2.53 bits per heavy atom. The van der Waals surface area contributed by atoms with Gasteiger partial charge < -0.3 is 4.90 Å². The topological polar surface area (TPSA) is 41.4 Å². The Bertz CT molecular complexity index is 1040. The smallest absolute Gasteiger partial charge is 0.256 e. The van der Waals surface area contributed by atoms with Gasteiger partial charge in [-0.15, -0.1) is 12.4 Å². The van der Waals surface area contributed by atoms with Crippen LogP contribution < -0.4 is 0 Å². The van der Waals surface area contributed by atoms with E-state index < -0.39 is 0 Å². The Morgan fingerprint density at radius 1 is 1.00 bits per heavy atom. The largest absolute Gasteiger partial charge is 0.338 e. The molecule has 0 N–H and O–H groups in total. The summed E-state index contributed by atoms with van der Waals surface area (Å²) in [6, 6.07) is 18.7. The number of benzene rings is 2. The Balaban J connectivity index is 0.00000218. The molecule has 0 unspecified atom stereocenters. The van der Waals surface area contributed by atoms with E-state index in [1.54, 1.807) is 10.9 Å². The van der Waals surface area contributed by atoms with Gasteiger partial charge in [-0.3, -0.25) is 9.69 Å². The Kier molecular flexibility index (Phi) is 5.67. The molecule has 2 aliphatic rings. The molecule has 156 valence electrons. The van der Waals surface area contributed by atoms with Crippen molar-refractivity contribution in [2.45, 2.75) is 13.0 Å². The monoisotopic (exact) mass is 422 g/mol. The lowest BCUT2D eigenvalue weighted by Crippen LogP contribution is -2.34. The van der Waals surface area contributed by atoms with Crippen LogP contribution in [0.1, 0.15) is 27.5 Å². The molecule has 1 amide bonds. The lowest BCUT2D eigenvalue weighted by Gasteiger charge is -2.28. The van der Waals surface area contributed by atoms with Crippen LogP contribution in [-0.4, -0.2) is 52.2 Å². The van der Waals surface area contributed by atoms with Crippen molar-refractivity contribution >= 4 is 18.3 Å². The molecule has 5 rings (SSSR count). The van der Waals surface area contributed by atoms with Gasteiger partial charge in [-0.05, 0) is 49.2 Å². The number of amides is 1. The molecule has 2 aromatic carbocycles. The normalized spacial score (nSPS) is 23.3. The molecule has 3 atom stereocenters. The van der Waals surface area contributed by atoms with E-state index in [0.717, 1.165) is 30.9 Å². The highest BCUT2D eigenvalue weighted by Gasteiger charge is 2.47. The molecule has 0 spiro atoms. The number of halogens is 1. The molecular formula is C24H27ClN4O. The van der Waals surface area contributed by atoms with Crippen LogP contribution in [0.5, 0.6) is 0 Å². The van der Waals surface area contributed by atoms with Crippen molar-refractivity contribution in [3.05, 3.63) is 83.7 Å². The van der Waals surface area contributed by atoms with Crippen molar-refractivity contribution in [1.82, 2.24) is 19.6 Å². The molecule has 2 saturated heterocycles. The fourth-order valence-electron chi connectivity index (χ4n) is 5.25. The number of likely N-dealkylation sites (tertiary alicyclic amines) is 2. The van der Waals surface area contributed by atoms with Crippen LogP contribution in [0.3, 0.4) is 0 Å². The summed E-state index contributed by atoms with van der Waals surface area (Å²) in [5.74, 6) is 1.10. The summed E-state index contributed by atoms with van der Waals surface area (Å²) in [6.45, 7) is 4.85. The number of rotatable bonds is 3. The van der Waals surface area contributed by atoms with E-state index in [1.165, 1.54) is 11.1 Å². The van der Waals surface area contributed by atoms with E-state index in [0.29, 0.717) is 17.9 Å². The van der Waals surface area contributed by atoms with Crippen LogP contribution in [0.4, 0.5) is 0 Å². The fraction of sp³-hybridized carbons (Fsp3) is 0.333. The average Bonchev–Trinajstić information content (AvgIpc) is 3.45. The quantitative estimate of drug-likeness (QED) is 0.641. The summed E-state index contributed by atoms with van der Waals surface area (Å²) in [5, 5.41) is 4.32. The van der Waals surface area contributed by atoms with E-state index in [9.17, 15) is 4.79 Å². The van der Waals surface area contributed by atoms with Gasteiger partial charge in [0.15, 0.2) is 0 Å². The molecule has 3 aromatic rings. The number of hydrogen-bond acceptors (Lipinski definition) is 3. The fourth-order valence-corrected chi connectivity index (χ4v) is 5.25. The standard InChI is InChI=1S/C24H26N4O.ClH/c1-17-8-3-4-9-19(17)23-21-16-27(15-18(21)14-26(23)2)24(29)20-10-5-6-11-22(20)28-13-7-12-25-28;/h3-13,18,21,23H,14-16H2,1-2H3;1H/t18-,21+,23+;/m0./s1. The van der Waals surface area contributed by atoms with E-state index in [2.05, 4.69) is 53.1 Å². The van der Waals surface area contributed by atoms with Gasteiger partial charge in [0, 0.05) is 44.0 Å². The lowest BCUT2D eigenvalue weighted by atomic mass is 9.88. The number of carbonyl (C=O) groups excluding carboxylic acids is 1. The third-order valence-electron chi connectivity index (χ3n) is 6.57. The molecule has 2 aliphatic heterocycles. The Labute approximate surface area is 183 Å². The molecule has 0 aliphatic carbocycles. The van der Waals surface area contributed by atoms with Crippen molar-refractivity contribution in [2.24, 2.45) is 11.8 Å². The van der Waals surface area contributed by atoms with E-state index in [1.807, 2.05) is 36.5 Å². The molecule has 3 heterocycles. The second-order valence-electron chi connectivity index (χ2n) is 8.34. The number of para-hydroxylation sites is 1. The first-order chi connectivity index (χ1) is 14.1. The third kappa shape index (κ3) is 3.42. The molecule has 0 radical (unpaired) electrons. The van der Waals surface area contributed by atoms with E-state index in [-0.39, 0.29) is 18.3 Å². The first kappa shape index (κ1) is 20.6. The zero-order valence-corrected chi connectivity index (χ0v) is 18.1. The summed E-state index contributed by atoms with van der Waals surface area (Å²) < 4.78 is 1.77. The summed E-state index contributed by atoms with van der Waals surface area (Å²) in [6.07, 6.45) is 3.62. The summed E-state index contributed by atoms with van der Waals surface area (Å²) in [7, 11) is 2.22. The third-order valence-corrected chi connectivity index (χ3v) is 6.57. The van der Waals surface area contributed by atoms with Crippen molar-refractivity contribution in [1.29, 1.82) is 0 Å². The van der Waals surface area contributed by atoms with Gasteiger partial charge in [0.2, 0.25) is 0 Å². The van der Waals surface area contributed by atoms with Gasteiger partial charge >= 0.3 is 0 Å². The van der Waals surface area contributed by atoms with Crippen LogP contribution in [0.25, 0.3) is 5.69 Å². The molecule has 2 fully saturated rings. The van der Waals surface area contributed by atoms with Crippen molar-refractivity contribution in [3.63, 3.8) is 0 Å². The predicted octanol–water partition coefficient (Wildman–Crippen LogP) is 3.98. The maximum Gasteiger partial charge on any atom is 0.256 e.